The molecule has 0 bridgehead atoms. The van der Waals surface area contributed by atoms with Crippen LogP contribution in [0.1, 0.15) is 29.5 Å². The van der Waals surface area contributed by atoms with Gasteiger partial charge in [0.05, 0.1) is 0 Å². The zero-order valence-electron chi connectivity index (χ0n) is 14.6. The number of rotatable bonds is 3. The minimum atomic E-state index is -0.895. The maximum absolute atomic E-state index is 13.1. The van der Waals surface area contributed by atoms with E-state index in [1.807, 2.05) is 50.2 Å². The Balaban J connectivity index is 1.57. The minimum Gasteiger partial charge on any atom is -0.325 e. The fourth-order valence-electron chi connectivity index (χ4n) is 3.60. The Kier molecular flexibility index (Phi) is 3.64. The quantitative estimate of drug-likeness (QED) is 0.872. The van der Waals surface area contributed by atoms with Crippen LogP contribution in [-0.4, -0.2) is 18.4 Å². The number of carbonyl (C=O) groups excluding carboxylic acids is 2. The summed E-state index contributed by atoms with van der Waals surface area (Å²) in [5, 5.41) is 3.00. The highest BCUT2D eigenvalue weighted by atomic mass is 16.2. The van der Waals surface area contributed by atoms with Gasteiger partial charge in [0.25, 0.3) is 0 Å². The first-order valence-corrected chi connectivity index (χ1v) is 8.80. The van der Waals surface area contributed by atoms with Gasteiger partial charge in [0, 0.05) is 17.9 Å². The normalized spacial score (nSPS) is 17.1. The Hall–Kier alpha value is -2.62. The van der Waals surface area contributed by atoms with Crippen molar-refractivity contribution in [2.24, 2.45) is 5.41 Å². The van der Waals surface area contributed by atoms with Crippen LogP contribution in [0.15, 0.2) is 42.5 Å². The summed E-state index contributed by atoms with van der Waals surface area (Å²) in [6.07, 6.45) is 2.11. The third kappa shape index (κ3) is 2.53. The number of nitrogens with one attached hydrogen (secondary N) is 1. The summed E-state index contributed by atoms with van der Waals surface area (Å²) in [6, 6.07) is 13.8. The molecule has 1 fully saturated rings. The smallest absolute Gasteiger partial charge is 0.242 e. The van der Waals surface area contributed by atoms with Gasteiger partial charge in [0.15, 0.2) is 0 Å². The molecule has 2 amide bonds. The van der Waals surface area contributed by atoms with E-state index in [0.29, 0.717) is 19.4 Å². The molecule has 2 aromatic rings. The largest absolute Gasteiger partial charge is 0.325 e. The zero-order valence-corrected chi connectivity index (χ0v) is 14.6. The number of aryl methyl sites for hydroxylation is 1. The third-order valence-corrected chi connectivity index (χ3v) is 5.58. The average Bonchev–Trinajstić information content (AvgIpc) is 3.32. The number of anilines is 2. The number of hydrogen-bond donors (Lipinski definition) is 1. The monoisotopic (exact) mass is 334 g/mol. The van der Waals surface area contributed by atoms with Crippen molar-refractivity contribution < 1.29 is 9.59 Å². The summed E-state index contributed by atoms with van der Waals surface area (Å²) in [6.45, 7) is 4.67. The highest BCUT2D eigenvalue weighted by molar-refractivity contribution is 6.18. The molecule has 0 atom stereocenters. The van der Waals surface area contributed by atoms with Crippen LogP contribution in [0.3, 0.4) is 0 Å². The lowest BCUT2D eigenvalue weighted by Gasteiger charge is -2.23. The predicted octanol–water partition coefficient (Wildman–Crippen LogP) is 3.61. The van der Waals surface area contributed by atoms with Crippen LogP contribution in [-0.2, 0) is 16.0 Å². The molecule has 4 nitrogen and oxygen atoms in total. The van der Waals surface area contributed by atoms with Gasteiger partial charge in [0.2, 0.25) is 11.8 Å². The summed E-state index contributed by atoms with van der Waals surface area (Å²) in [5.74, 6) is -0.226. The second kappa shape index (κ2) is 5.73. The van der Waals surface area contributed by atoms with E-state index in [-0.39, 0.29) is 11.8 Å². The van der Waals surface area contributed by atoms with Gasteiger partial charge in [-0.3, -0.25) is 9.59 Å². The van der Waals surface area contributed by atoms with Crippen LogP contribution in [0.5, 0.6) is 0 Å². The van der Waals surface area contributed by atoms with Crippen molar-refractivity contribution in [3.63, 3.8) is 0 Å². The average molecular weight is 334 g/mol. The van der Waals surface area contributed by atoms with Gasteiger partial charge in [-0.2, -0.15) is 0 Å². The highest BCUT2D eigenvalue weighted by Crippen LogP contribution is 2.49. The van der Waals surface area contributed by atoms with E-state index in [4.69, 9.17) is 0 Å². The number of hydrogen-bond acceptors (Lipinski definition) is 2. The maximum atomic E-state index is 13.1. The molecule has 0 radical (unpaired) electrons. The SMILES string of the molecule is Cc1cccc(NC(=O)C2(C(=O)N3CCc4ccccc43)CC2)c1C. The first-order chi connectivity index (χ1) is 12.0. The molecule has 0 saturated heterocycles. The number of fused-ring (bicyclic) bond motifs is 1. The van der Waals surface area contributed by atoms with Crippen LogP contribution in [0.4, 0.5) is 11.4 Å². The van der Waals surface area contributed by atoms with Crippen molar-refractivity contribution in [3.8, 4) is 0 Å². The second-order valence-corrected chi connectivity index (χ2v) is 7.12. The van der Waals surface area contributed by atoms with Crippen LogP contribution in [0.2, 0.25) is 0 Å². The van der Waals surface area contributed by atoms with Gasteiger partial charge in [-0.25, -0.2) is 0 Å². The topological polar surface area (TPSA) is 49.4 Å². The van der Waals surface area contributed by atoms with Gasteiger partial charge >= 0.3 is 0 Å². The Morgan fingerprint density at radius 1 is 1.04 bits per heavy atom. The molecule has 1 aliphatic carbocycles. The summed E-state index contributed by atoms with van der Waals surface area (Å²) in [4.78, 5) is 27.8. The zero-order chi connectivity index (χ0) is 17.6. The lowest BCUT2D eigenvalue weighted by atomic mass is 10.0. The first kappa shape index (κ1) is 15.9. The van der Waals surface area contributed by atoms with Crippen molar-refractivity contribution in [1.82, 2.24) is 0 Å². The summed E-state index contributed by atoms with van der Waals surface area (Å²) in [7, 11) is 0. The van der Waals surface area contributed by atoms with E-state index in [9.17, 15) is 9.59 Å². The molecule has 1 heterocycles. The van der Waals surface area contributed by atoms with E-state index < -0.39 is 5.41 Å². The highest BCUT2D eigenvalue weighted by Gasteiger charge is 2.58. The Morgan fingerprint density at radius 2 is 1.80 bits per heavy atom. The Bertz CT molecular complexity index is 868. The van der Waals surface area contributed by atoms with Crippen LogP contribution in [0, 0.1) is 19.3 Å². The molecule has 2 aromatic carbocycles. The molecule has 4 heteroatoms. The number of nitrogens with zero attached hydrogens (tertiary/aromatic N) is 1. The van der Waals surface area contributed by atoms with E-state index >= 15 is 0 Å². The molecule has 2 aliphatic rings. The molecule has 0 aromatic heterocycles. The molecule has 1 aliphatic heterocycles. The maximum Gasteiger partial charge on any atom is 0.242 e. The van der Waals surface area contributed by atoms with Crippen LogP contribution >= 0.6 is 0 Å². The van der Waals surface area contributed by atoms with E-state index in [0.717, 1.165) is 28.9 Å². The van der Waals surface area contributed by atoms with Gasteiger partial charge in [-0.15, -0.1) is 0 Å². The molecule has 0 spiro atoms. The van der Waals surface area contributed by atoms with Gasteiger partial charge in [-0.05, 0) is 61.9 Å². The van der Waals surface area contributed by atoms with Gasteiger partial charge in [0.1, 0.15) is 5.41 Å². The number of carbonyl (C=O) groups is 2. The van der Waals surface area contributed by atoms with Crippen molar-refractivity contribution >= 4 is 23.2 Å². The fourth-order valence-corrected chi connectivity index (χ4v) is 3.60. The summed E-state index contributed by atoms with van der Waals surface area (Å²) < 4.78 is 0. The Labute approximate surface area is 147 Å². The third-order valence-electron chi connectivity index (χ3n) is 5.58. The predicted molar refractivity (Wildman–Crippen MR) is 98.7 cm³/mol. The van der Waals surface area contributed by atoms with E-state index in [2.05, 4.69) is 11.4 Å². The van der Waals surface area contributed by atoms with Crippen molar-refractivity contribution in [1.29, 1.82) is 0 Å². The first-order valence-electron chi connectivity index (χ1n) is 8.80. The van der Waals surface area contributed by atoms with Crippen molar-refractivity contribution in [3.05, 3.63) is 59.2 Å². The summed E-state index contributed by atoms with van der Waals surface area (Å²) in [5.41, 5.74) is 4.21. The molecule has 0 unspecified atom stereocenters. The van der Waals surface area contributed by atoms with Gasteiger partial charge in [-0.1, -0.05) is 30.3 Å². The van der Waals surface area contributed by atoms with Crippen molar-refractivity contribution in [2.75, 3.05) is 16.8 Å². The number of benzene rings is 2. The van der Waals surface area contributed by atoms with Crippen LogP contribution in [0.25, 0.3) is 0 Å². The number of amides is 2. The molecule has 25 heavy (non-hydrogen) atoms. The molecule has 1 N–H and O–H groups in total. The molecular weight excluding hydrogens is 312 g/mol. The fraction of sp³-hybridized carbons (Fsp3) is 0.333. The molecular formula is C21H22N2O2. The van der Waals surface area contributed by atoms with Gasteiger partial charge < -0.3 is 10.2 Å². The van der Waals surface area contributed by atoms with E-state index in [1.165, 1.54) is 5.56 Å². The summed E-state index contributed by atoms with van der Waals surface area (Å²) >= 11 is 0. The molecule has 1 saturated carbocycles. The minimum absolute atomic E-state index is 0.0553. The lowest BCUT2D eigenvalue weighted by Crippen LogP contribution is -2.42. The molecule has 128 valence electrons. The Morgan fingerprint density at radius 3 is 2.56 bits per heavy atom. The second-order valence-electron chi connectivity index (χ2n) is 7.12. The van der Waals surface area contributed by atoms with Crippen molar-refractivity contribution in [2.45, 2.75) is 33.1 Å². The standard InChI is InChI=1S/C21H22N2O2/c1-14-6-5-8-17(15(14)2)22-19(24)21(11-12-21)20(25)23-13-10-16-7-3-4-9-18(16)23/h3-9H,10-13H2,1-2H3,(H,22,24). The lowest BCUT2D eigenvalue weighted by molar-refractivity contribution is -0.132. The van der Waals surface area contributed by atoms with Crippen LogP contribution < -0.4 is 10.2 Å². The molecule has 4 rings (SSSR count). The number of para-hydroxylation sites is 1. The van der Waals surface area contributed by atoms with E-state index in [1.54, 1.807) is 4.90 Å².